The van der Waals surface area contributed by atoms with Gasteiger partial charge in [-0.3, -0.25) is 5.41 Å². The van der Waals surface area contributed by atoms with E-state index in [1.807, 2.05) is 19.9 Å². The summed E-state index contributed by atoms with van der Waals surface area (Å²) < 4.78 is 0. The van der Waals surface area contributed by atoms with Crippen molar-refractivity contribution < 1.29 is 0 Å². The molecule has 0 atom stereocenters. The fraction of sp³-hybridized carbons (Fsp3) is 0.600. The molecule has 2 rings (SSSR count). The normalized spacial score (nSPS) is 14.8. The molecule has 104 valence electrons. The summed E-state index contributed by atoms with van der Waals surface area (Å²) in [5, 5.41) is 7.83. The fourth-order valence-corrected chi connectivity index (χ4v) is 2.48. The van der Waals surface area contributed by atoms with E-state index in [1.165, 1.54) is 12.8 Å². The average Bonchev–Trinajstić information content (AvgIpc) is 3.07. The molecule has 4 heteroatoms. The summed E-state index contributed by atoms with van der Waals surface area (Å²) in [5.41, 5.74) is 8.58. The van der Waals surface area contributed by atoms with Crippen LogP contribution in [0.5, 0.6) is 0 Å². The van der Waals surface area contributed by atoms with Crippen LogP contribution in [0, 0.1) is 25.2 Å². The molecule has 0 amide bonds. The van der Waals surface area contributed by atoms with Gasteiger partial charge in [-0.25, -0.2) is 4.98 Å². The predicted octanol–water partition coefficient (Wildman–Crippen LogP) is 2.61. The Bertz CT molecular complexity index is 489. The lowest BCUT2D eigenvalue weighted by atomic mass is 10.1. The molecular weight excluding hydrogens is 236 g/mol. The van der Waals surface area contributed by atoms with Crippen molar-refractivity contribution in [2.75, 3.05) is 11.4 Å². The van der Waals surface area contributed by atoms with E-state index in [9.17, 15) is 0 Å². The molecule has 1 aliphatic carbocycles. The molecule has 0 spiro atoms. The van der Waals surface area contributed by atoms with Crippen LogP contribution in [0.2, 0.25) is 0 Å². The highest BCUT2D eigenvalue weighted by Gasteiger charge is 2.28. The van der Waals surface area contributed by atoms with Crippen LogP contribution in [0.4, 0.5) is 5.82 Å². The van der Waals surface area contributed by atoms with E-state index in [0.29, 0.717) is 6.04 Å². The van der Waals surface area contributed by atoms with Crippen LogP contribution in [0.25, 0.3) is 0 Å². The van der Waals surface area contributed by atoms with E-state index in [2.05, 4.69) is 23.7 Å². The lowest BCUT2D eigenvalue weighted by Gasteiger charge is -2.30. The summed E-state index contributed by atoms with van der Waals surface area (Å²) in [6.45, 7) is 9.37. The number of nitrogen functional groups attached to an aromatic ring is 1. The van der Waals surface area contributed by atoms with Crippen LogP contribution in [0.3, 0.4) is 0 Å². The summed E-state index contributed by atoms with van der Waals surface area (Å²) in [7, 11) is 0. The van der Waals surface area contributed by atoms with Gasteiger partial charge in [0.1, 0.15) is 11.7 Å². The second kappa shape index (κ2) is 5.19. The Hall–Kier alpha value is -1.58. The largest absolute Gasteiger partial charge is 0.384 e. The molecular formula is C15H24N4. The Labute approximate surface area is 115 Å². The molecule has 0 aliphatic heterocycles. The lowest BCUT2D eigenvalue weighted by Crippen LogP contribution is -2.36. The molecule has 1 aromatic heterocycles. The van der Waals surface area contributed by atoms with Crippen LogP contribution < -0.4 is 10.6 Å². The summed E-state index contributed by atoms with van der Waals surface area (Å²) >= 11 is 0. The number of aromatic nitrogens is 1. The highest BCUT2D eigenvalue weighted by molar-refractivity contribution is 6.01. The Morgan fingerprint density at radius 1 is 1.47 bits per heavy atom. The second-order valence-electron chi connectivity index (χ2n) is 5.88. The molecule has 19 heavy (non-hydrogen) atoms. The Morgan fingerprint density at radius 2 is 2.11 bits per heavy atom. The zero-order valence-corrected chi connectivity index (χ0v) is 12.3. The Kier molecular flexibility index (Phi) is 3.78. The van der Waals surface area contributed by atoms with Crippen molar-refractivity contribution >= 4 is 11.7 Å². The van der Waals surface area contributed by atoms with Crippen molar-refractivity contribution in [3.63, 3.8) is 0 Å². The number of anilines is 1. The van der Waals surface area contributed by atoms with E-state index in [4.69, 9.17) is 11.1 Å². The van der Waals surface area contributed by atoms with Gasteiger partial charge in [0, 0.05) is 18.3 Å². The first-order valence-corrected chi connectivity index (χ1v) is 6.99. The van der Waals surface area contributed by atoms with Crippen LogP contribution >= 0.6 is 0 Å². The standard InChI is InChI=1S/C15H24N4/c1-9(2)19(8-12-5-6-12)15-13(14(16)17)10(3)7-11(4)18-15/h7,9,12H,5-6,8H2,1-4H3,(H3,16,17). The summed E-state index contributed by atoms with van der Waals surface area (Å²) in [5.74, 6) is 1.78. The van der Waals surface area contributed by atoms with Gasteiger partial charge in [-0.05, 0) is 58.1 Å². The maximum absolute atomic E-state index is 7.83. The smallest absolute Gasteiger partial charge is 0.140 e. The molecule has 1 aliphatic rings. The van der Waals surface area contributed by atoms with Gasteiger partial charge >= 0.3 is 0 Å². The fourth-order valence-electron chi connectivity index (χ4n) is 2.48. The monoisotopic (exact) mass is 260 g/mol. The van der Waals surface area contributed by atoms with Gasteiger partial charge in [-0.1, -0.05) is 0 Å². The Balaban J connectivity index is 2.46. The van der Waals surface area contributed by atoms with Gasteiger partial charge in [-0.15, -0.1) is 0 Å². The second-order valence-corrected chi connectivity index (χ2v) is 5.88. The number of nitrogens with one attached hydrogen (secondary N) is 1. The number of pyridine rings is 1. The molecule has 0 saturated heterocycles. The highest BCUT2D eigenvalue weighted by atomic mass is 15.2. The molecule has 3 N–H and O–H groups in total. The number of hydrogen-bond donors (Lipinski definition) is 2. The number of nitrogens with zero attached hydrogens (tertiary/aromatic N) is 2. The van der Waals surface area contributed by atoms with Gasteiger partial charge in [0.15, 0.2) is 0 Å². The predicted molar refractivity (Wildman–Crippen MR) is 79.9 cm³/mol. The van der Waals surface area contributed by atoms with E-state index in [1.54, 1.807) is 0 Å². The molecule has 1 aromatic rings. The van der Waals surface area contributed by atoms with E-state index in [-0.39, 0.29) is 5.84 Å². The van der Waals surface area contributed by atoms with Crippen LogP contribution in [-0.2, 0) is 0 Å². The number of hydrogen-bond acceptors (Lipinski definition) is 3. The zero-order valence-electron chi connectivity index (χ0n) is 12.3. The van der Waals surface area contributed by atoms with Gasteiger partial charge in [0.05, 0.1) is 5.56 Å². The molecule has 1 saturated carbocycles. The van der Waals surface area contributed by atoms with Gasteiger partial charge in [-0.2, -0.15) is 0 Å². The van der Waals surface area contributed by atoms with Crippen molar-refractivity contribution in [2.24, 2.45) is 11.7 Å². The molecule has 4 nitrogen and oxygen atoms in total. The topological polar surface area (TPSA) is 66.0 Å². The first-order chi connectivity index (χ1) is 8.90. The first kappa shape index (κ1) is 13.8. The van der Waals surface area contributed by atoms with Crippen LogP contribution in [0.15, 0.2) is 6.07 Å². The average molecular weight is 260 g/mol. The van der Waals surface area contributed by atoms with Crippen molar-refractivity contribution in [3.8, 4) is 0 Å². The Morgan fingerprint density at radius 3 is 2.58 bits per heavy atom. The van der Waals surface area contributed by atoms with Crippen molar-refractivity contribution in [1.82, 2.24) is 4.98 Å². The van der Waals surface area contributed by atoms with Crippen LogP contribution in [0.1, 0.15) is 43.5 Å². The van der Waals surface area contributed by atoms with E-state index < -0.39 is 0 Å². The molecule has 0 aromatic carbocycles. The maximum Gasteiger partial charge on any atom is 0.140 e. The first-order valence-electron chi connectivity index (χ1n) is 6.99. The molecule has 0 unspecified atom stereocenters. The number of nitrogens with two attached hydrogens (primary N) is 1. The minimum atomic E-state index is 0.112. The van der Waals surface area contributed by atoms with Crippen molar-refractivity contribution in [3.05, 3.63) is 22.9 Å². The third kappa shape index (κ3) is 3.06. The number of aryl methyl sites for hydroxylation is 2. The molecule has 1 fully saturated rings. The minimum Gasteiger partial charge on any atom is -0.384 e. The van der Waals surface area contributed by atoms with Crippen molar-refractivity contribution in [2.45, 2.75) is 46.6 Å². The molecule has 0 bridgehead atoms. The quantitative estimate of drug-likeness (QED) is 0.631. The van der Waals surface area contributed by atoms with Crippen LogP contribution in [-0.4, -0.2) is 23.4 Å². The molecule has 1 heterocycles. The number of rotatable bonds is 5. The number of amidine groups is 1. The minimum absolute atomic E-state index is 0.112. The lowest BCUT2D eigenvalue weighted by molar-refractivity contribution is 0.635. The summed E-state index contributed by atoms with van der Waals surface area (Å²) in [6.07, 6.45) is 2.62. The summed E-state index contributed by atoms with van der Waals surface area (Å²) in [4.78, 5) is 6.96. The summed E-state index contributed by atoms with van der Waals surface area (Å²) in [6, 6.07) is 2.36. The van der Waals surface area contributed by atoms with E-state index >= 15 is 0 Å². The van der Waals surface area contributed by atoms with Crippen molar-refractivity contribution in [1.29, 1.82) is 5.41 Å². The highest BCUT2D eigenvalue weighted by Crippen LogP contribution is 2.33. The van der Waals surface area contributed by atoms with E-state index in [0.717, 1.165) is 35.1 Å². The van der Waals surface area contributed by atoms with Gasteiger partial charge < -0.3 is 10.6 Å². The molecule has 0 radical (unpaired) electrons. The maximum atomic E-state index is 7.83. The zero-order chi connectivity index (χ0) is 14.2. The van der Waals surface area contributed by atoms with Gasteiger partial charge in [0.2, 0.25) is 0 Å². The van der Waals surface area contributed by atoms with Gasteiger partial charge in [0.25, 0.3) is 0 Å². The third-order valence-corrected chi connectivity index (χ3v) is 3.64. The SMILES string of the molecule is Cc1cc(C)c(C(=N)N)c(N(CC2CC2)C(C)C)n1. The third-order valence-electron chi connectivity index (χ3n) is 3.64.